The Kier molecular flexibility index (Phi) is 3.86. The third-order valence-corrected chi connectivity index (χ3v) is 3.80. The summed E-state index contributed by atoms with van der Waals surface area (Å²) in [6.45, 7) is 3.89. The first kappa shape index (κ1) is 14.0. The Bertz CT molecular complexity index is 788. The second kappa shape index (κ2) is 5.79. The Morgan fingerprint density at radius 2 is 2.00 bits per heavy atom. The van der Waals surface area contributed by atoms with Crippen LogP contribution in [-0.4, -0.2) is 15.0 Å². The van der Waals surface area contributed by atoms with Crippen molar-refractivity contribution >= 4 is 22.9 Å². The van der Waals surface area contributed by atoms with Crippen LogP contribution >= 0.6 is 22.9 Å². The molecule has 0 spiro atoms. The number of aromatic nitrogens is 3. The van der Waals surface area contributed by atoms with Crippen LogP contribution in [0.15, 0.2) is 36.5 Å². The van der Waals surface area contributed by atoms with Crippen LogP contribution in [0.1, 0.15) is 10.7 Å². The zero-order chi connectivity index (χ0) is 14.8. The van der Waals surface area contributed by atoms with Crippen LogP contribution in [-0.2, 0) is 0 Å². The quantitative estimate of drug-likeness (QED) is 0.659. The fraction of sp³-hybridized carbons (Fsp3) is 0.133. The zero-order valence-corrected chi connectivity index (χ0v) is 13.1. The predicted molar refractivity (Wildman–Crippen MR) is 84.1 cm³/mol. The third-order valence-electron chi connectivity index (χ3n) is 2.74. The van der Waals surface area contributed by atoms with Gasteiger partial charge in [0.1, 0.15) is 16.6 Å². The second-order valence-corrected chi connectivity index (χ2v) is 6.00. The van der Waals surface area contributed by atoms with E-state index in [2.05, 4.69) is 15.0 Å². The van der Waals surface area contributed by atoms with Gasteiger partial charge in [0.2, 0.25) is 5.06 Å². The van der Waals surface area contributed by atoms with Gasteiger partial charge in [-0.05, 0) is 32.0 Å². The smallest absolute Gasteiger partial charge is 0.210 e. The van der Waals surface area contributed by atoms with Crippen LogP contribution in [0, 0.1) is 13.8 Å². The molecule has 0 aromatic carbocycles. The van der Waals surface area contributed by atoms with Gasteiger partial charge in [-0.2, -0.15) is 0 Å². The summed E-state index contributed by atoms with van der Waals surface area (Å²) < 4.78 is 5.90. The molecule has 0 aliphatic rings. The van der Waals surface area contributed by atoms with Gasteiger partial charge in [0.25, 0.3) is 0 Å². The number of nitrogens with zero attached hydrogens (tertiary/aromatic N) is 3. The molecule has 0 unspecified atom stereocenters. The Hall–Kier alpha value is -1.98. The lowest BCUT2D eigenvalue weighted by Crippen LogP contribution is -1.90. The molecule has 3 heterocycles. The molecule has 0 N–H and O–H groups in total. The normalized spacial score (nSPS) is 10.6. The third kappa shape index (κ3) is 3.20. The van der Waals surface area contributed by atoms with Gasteiger partial charge >= 0.3 is 0 Å². The molecule has 106 valence electrons. The molecule has 3 aromatic rings. The van der Waals surface area contributed by atoms with Crippen molar-refractivity contribution in [2.45, 2.75) is 13.8 Å². The first-order valence-electron chi connectivity index (χ1n) is 6.33. The Morgan fingerprint density at radius 1 is 1.14 bits per heavy atom. The average Bonchev–Trinajstić information content (AvgIpc) is 2.79. The average molecular weight is 318 g/mol. The summed E-state index contributed by atoms with van der Waals surface area (Å²) in [4.78, 5) is 13.0. The van der Waals surface area contributed by atoms with E-state index in [1.165, 1.54) is 11.3 Å². The van der Waals surface area contributed by atoms with Crippen LogP contribution in [0.25, 0.3) is 11.4 Å². The maximum atomic E-state index is 5.90. The van der Waals surface area contributed by atoms with Gasteiger partial charge in [-0.3, -0.25) is 4.98 Å². The standard InChI is InChI=1S/C15H12ClN3OS/c1-9-4-3-5-12(18-9)14-15(21-10(2)19-14)20-11-6-7-17-13(16)8-11/h3-8H,1-2H3. The molecule has 3 rings (SSSR count). The number of pyridine rings is 2. The maximum absolute atomic E-state index is 5.90. The van der Waals surface area contributed by atoms with Gasteiger partial charge in [0, 0.05) is 18.0 Å². The molecule has 21 heavy (non-hydrogen) atoms. The topological polar surface area (TPSA) is 47.9 Å². The summed E-state index contributed by atoms with van der Waals surface area (Å²) in [6, 6.07) is 9.26. The first-order chi connectivity index (χ1) is 10.1. The summed E-state index contributed by atoms with van der Waals surface area (Å²) >= 11 is 7.36. The van der Waals surface area contributed by atoms with E-state index in [1.807, 2.05) is 32.0 Å². The molecule has 0 amide bonds. The van der Waals surface area contributed by atoms with Crippen LogP contribution < -0.4 is 4.74 Å². The Morgan fingerprint density at radius 3 is 2.76 bits per heavy atom. The minimum atomic E-state index is 0.393. The van der Waals surface area contributed by atoms with Crippen LogP contribution in [0.4, 0.5) is 0 Å². The monoisotopic (exact) mass is 317 g/mol. The van der Waals surface area contributed by atoms with Crippen molar-refractivity contribution < 1.29 is 4.74 Å². The highest BCUT2D eigenvalue weighted by Crippen LogP contribution is 2.37. The lowest BCUT2D eigenvalue weighted by Gasteiger charge is -2.05. The molecule has 0 atom stereocenters. The summed E-state index contributed by atoms with van der Waals surface area (Å²) in [6.07, 6.45) is 1.61. The predicted octanol–water partition coefficient (Wildman–Crippen LogP) is 4.66. The number of rotatable bonds is 3. The number of hydrogen-bond donors (Lipinski definition) is 0. The van der Waals surface area contributed by atoms with Crippen molar-refractivity contribution in [1.82, 2.24) is 15.0 Å². The highest BCUT2D eigenvalue weighted by Gasteiger charge is 2.15. The lowest BCUT2D eigenvalue weighted by molar-refractivity contribution is 0.496. The summed E-state index contributed by atoms with van der Waals surface area (Å²) in [5, 5.41) is 2.01. The number of aryl methyl sites for hydroxylation is 2. The summed E-state index contributed by atoms with van der Waals surface area (Å²) in [5.41, 5.74) is 2.49. The van der Waals surface area contributed by atoms with E-state index < -0.39 is 0 Å². The van der Waals surface area contributed by atoms with Crippen molar-refractivity contribution in [2.24, 2.45) is 0 Å². The number of thiazole rings is 1. The van der Waals surface area contributed by atoms with Crippen LogP contribution in [0.5, 0.6) is 10.8 Å². The highest BCUT2D eigenvalue weighted by atomic mass is 35.5. The molecule has 6 heteroatoms. The number of ether oxygens (including phenoxy) is 1. The maximum Gasteiger partial charge on any atom is 0.210 e. The van der Waals surface area contributed by atoms with E-state index in [0.717, 1.165) is 22.1 Å². The molecule has 0 aliphatic carbocycles. The summed E-state index contributed by atoms with van der Waals surface area (Å²) in [5.74, 6) is 0.632. The van der Waals surface area contributed by atoms with Gasteiger partial charge in [0.05, 0.1) is 10.7 Å². The Balaban J connectivity index is 2.00. The highest BCUT2D eigenvalue weighted by molar-refractivity contribution is 7.13. The number of hydrogen-bond acceptors (Lipinski definition) is 5. The van der Waals surface area contributed by atoms with E-state index >= 15 is 0 Å². The molecule has 0 saturated carbocycles. The molecule has 0 fully saturated rings. The molecular weight excluding hydrogens is 306 g/mol. The van der Waals surface area contributed by atoms with E-state index in [-0.39, 0.29) is 0 Å². The molecular formula is C15H12ClN3OS. The largest absolute Gasteiger partial charge is 0.444 e. The lowest BCUT2D eigenvalue weighted by atomic mass is 10.2. The van der Waals surface area contributed by atoms with Crippen molar-refractivity contribution in [3.8, 4) is 22.2 Å². The first-order valence-corrected chi connectivity index (χ1v) is 7.52. The SMILES string of the molecule is Cc1cccc(-c2nc(C)sc2Oc2ccnc(Cl)c2)n1. The van der Waals surface area contributed by atoms with Gasteiger partial charge in [-0.25, -0.2) is 9.97 Å². The molecule has 0 bridgehead atoms. The molecule has 4 nitrogen and oxygen atoms in total. The van der Waals surface area contributed by atoms with E-state index in [4.69, 9.17) is 16.3 Å². The van der Waals surface area contributed by atoms with E-state index in [9.17, 15) is 0 Å². The Labute approximate surface area is 131 Å². The molecule has 0 aliphatic heterocycles. The molecule has 0 saturated heterocycles. The van der Waals surface area contributed by atoms with Crippen LogP contribution in [0.2, 0.25) is 5.15 Å². The fourth-order valence-corrected chi connectivity index (χ4v) is 2.82. The van der Waals surface area contributed by atoms with Crippen molar-refractivity contribution in [1.29, 1.82) is 0 Å². The van der Waals surface area contributed by atoms with E-state index in [0.29, 0.717) is 16.0 Å². The van der Waals surface area contributed by atoms with Gasteiger partial charge in [0.15, 0.2) is 0 Å². The van der Waals surface area contributed by atoms with Gasteiger partial charge < -0.3 is 4.74 Å². The molecule has 0 radical (unpaired) electrons. The van der Waals surface area contributed by atoms with Crippen LogP contribution in [0.3, 0.4) is 0 Å². The minimum Gasteiger partial charge on any atom is -0.444 e. The summed E-state index contributed by atoms with van der Waals surface area (Å²) in [7, 11) is 0. The number of halogens is 1. The minimum absolute atomic E-state index is 0.393. The molecule has 3 aromatic heterocycles. The van der Waals surface area contributed by atoms with Crippen molar-refractivity contribution in [3.05, 3.63) is 52.4 Å². The van der Waals surface area contributed by atoms with Gasteiger partial charge in [-0.15, -0.1) is 0 Å². The fourth-order valence-electron chi connectivity index (χ4n) is 1.87. The second-order valence-electron chi connectivity index (χ2n) is 4.45. The van der Waals surface area contributed by atoms with E-state index in [1.54, 1.807) is 18.3 Å². The van der Waals surface area contributed by atoms with Crippen molar-refractivity contribution in [2.75, 3.05) is 0 Å². The van der Waals surface area contributed by atoms with Gasteiger partial charge in [-0.1, -0.05) is 29.0 Å². The van der Waals surface area contributed by atoms with Crippen molar-refractivity contribution in [3.63, 3.8) is 0 Å². The zero-order valence-electron chi connectivity index (χ0n) is 11.5.